The molecule has 0 amide bonds. The van der Waals surface area contributed by atoms with Crippen LogP contribution in [0, 0.1) is 0 Å². The minimum Gasteiger partial charge on any atom is -0.465 e. The molecule has 0 rings (SSSR count). The standard InChI is InChI=1S/C10H19NO2/c1-4-13-10(12)9(11)7-5-6-8(2)3/h6,9H,4-5,7,11H2,1-3H3/t9-/m0/s1. The van der Waals surface area contributed by atoms with E-state index in [1.807, 2.05) is 13.8 Å². The number of hydrogen-bond donors (Lipinski definition) is 1. The van der Waals surface area contributed by atoms with Crippen LogP contribution in [0.1, 0.15) is 33.6 Å². The van der Waals surface area contributed by atoms with Gasteiger partial charge in [0, 0.05) is 0 Å². The molecule has 3 heteroatoms. The molecule has 0 aliphatic carbocycles. The summed E-state index contributed by atoms with van der Waals surface area (Å²) < 4.78 is 4.78. The number of rotatable bonds is 5. The maximum atomic E-state index is 11.1. The lowest BCUT2D eigenvalue weighted by Gasteiger charge is -2.08. The van der Waals surface area contributed by atoms with Gasteiger partial charge in [-0.05, 0) is 33.6 Å². The summed E-state index contributed by atoms with van der Waals surface area (Å²) in [6.07, 6.45) is 3.56. The number of carbonyl (C=O) groups is 1. The summed E-state index contributed by atoms with van der Waals surface area (Å²) in [4.78, 5) is 11.1. The van der Waals surface area contributed by atoms with E-state index in [2.05, 4.69) is 6.08 Å². The maximum absolute atomic E-state index is 11.1. The van der Waals surface area contributed by atoms with Gasteiger partial charge in [-0.1, -0.05) is 11.6 Å². The summed E-state index contributed by atoms with van der Waals surface area (Å²) in [5.74, 6) is -0.301. The van der Waals surface area contributed by atoms with Crippen LogP contribution in [-0.4, -0.2) is 18.6 Å². The first kappa shape index (κ1) is 12.2. The Morgan fingerprint density at radius 2 is 2.15 bits per heavy atom. The van der Waals surface area contributed by atoms with E-state index in [-0.39, 0.29) is 5.97 Å². The number of ether oxygens (including phenoxy) is 1. The van der Waals surface area contributed by atoms with E-state index in [9.17, 15) is 4.79 Å². The van der Waals surface area contributed by atoms with Gasteiger partial charge in [0.05, 0.1) is 6.61 Å². The first-order valence-corrected chi connectivity index (χ1v) is 4.63. The molecule has 0 saturated carbocycles. The van der Waals surface area contributed by atoms with E-state index >= 15 is 0 Å². The van der Waals surface area contributed by atoms with Gasteiger partial charge in [-0.3, -0.25) is 4.79 Å². The smallest absolute Gasteiger partial charge is 0.322 e. The number of nitrogens with two attached hydrogens (primary N) is 1. The van der Waals surface area contributed by atoms with Gasteiger partial charge in [-0.15, -0.1) is 0 Å². The van der Waals surface area contributed by atoms with Crippen LogP contribution in [0.5, 0.6) is 0 Å². The molecule has 2 N–H and O–H groups in total. The van der Waals surface area contributed by atoms with Gasteiger partial charge in [0.25, 0.3) is 0 Å². The lowest BCUT2D eigenvalue weighted by Crippen LogP contribution is -2.32. The van der Waals surface area contributed by atoms with Crippen molar-refractivity contribution in [3.63, 3.8) is 0 Å². The van der Waals surface area contributed by atoms with Crippen molar-refractivity contribution < 1.29 is 9.53 Å². The summed E-state index contributed by atoms with van der Waals surface area (Å²) in [7, 11) is 0. The van der Waals surface area contributed by atoms with Crippen LogP contribution in [-0.2, 0) is 9.53 Å². The van der Waals surface area contributed by atoms with E-state index in [0.717, 1.165) is 6.42 Å². The topological polar surface area (TPSA) is 52.3 Å². The van der Waals surface area contributed by atoms with Crippen molar-refractivity contribution in [1.82, 2.24) is 0 Å². The van der Waals surface area contributed by atoms with Crippen molar-refractivity contribution in [2.45, 2.75) is 39.7 Å². The molecule has 3 nitrogen and oxygen atoms in total. The van der Waals surface area contributed by atoms with E-state index in [4.69, 9.17) is 10.5 Å². The molecule has 0 fully saturated rings. The molecule has 1 atom stereocenters. The first-order chi connectivity index (χ1) is 6.07. The van der Waals surface area contributed by atoms with Gasteiger partial charge in [-0.25, -0.2) is 0 Å². The fraction of sp³-hybridized carbons (Fsp3) is 0.700. The highest BCUT2D eigenvalue weighted by atomic mass is 16.5. The van der Waals surface area contributed by atoms with Crippen LogP contribution in [0.25, 0.3) is 0 Å². The van der Waals surface area contributed by atoms with E-state index in [0.29, 0.717) is 13.0 Å². The SMILES string of the molecule is CCOC(=O)[C@@H](N)CCC=C(C)C. The minimum atomic E-state index is -0.476. The molecule has 0 unspecified atom stereocenters. The molecule has 76 valence electrons. The van der Waals surface area contributed by atoms with Crippen molar-refractivity contribution in [2.75, 3.05) is 6.61 Å². The van der Waals surface area contributed by atoms with Crippen LogP contribution in [0.3, 0.4) is 0 Å². The van der Waals surface area contributed by atoms with Crippen LogP contribution in [0.4, 0.5) is 0 Å². The van der Waals surface area contributed by atoms with Crippen LogP contribution >= 0.6 is 0 Å². The normalized spacial score (nSPS) is 12.0. The Hall–Kier alpha value is -0.830. The molecule has 0 aliphatic heterocycles. The molecule has 0 saturated heterocycles. The average molecular weight is 185 g/mol. The second-order valence-corrected chi connectivity index (χ2v) is 3.22. The van der Waals surface area contributed by atoms with Gasteiger partial charge in [0.15, 0.2) is 0 Å². The van der Waals surface area contributed by atoms with Crippen molar-refractivity contribution >= 4 is 5.97 Å². The third kappa shape index (κ3) is 6.34. The van der Waals surface area contributed by atoms with Gasteiger partial charge >= 0.3 is 5.97 Å². The Morgan fingerprint density at radius 1 is 1.54 bits per heavy atom. The summed E-state index contributed by atoms with van der Waals surface area (Å²) in [6.45, 7) is 6.22. The van der Waals surface area contributed by atoms with Gasteiger partial charge in [-0.2, -0.15) is 0 Å². The zero-order valence-corrected chi connectivity index (χ0v) is 8.67. The van der Waals surface area contributed by atoms with Crippen molar-refractivity contribution in [3.05, 3.63) is 11.6 Å². The molecular weight excluding hydrogens is 166 g/mol. The van der Waals surface area contributed by atoms with Gasteiger partial charge in [0.1, 0.15) is 6.04 Å². The third-order valence-corrected chi connectivity index (χ3v) is 1.62. The van der Waals surface area contributed by atoms with Crippen molar-refractivity contribution in [2.24, 2.45) is 5.73 Å². The molecule has 0 spiro atoms. The third-order valence-electron chi connectivity index (χ3n) is 1.62. The predicted molar refractivity (Wildman–Crippen MR) is 53.3 cm³/mol. The maximum Gasteiger partial charge on any atom is 0.322 e. The zero-order chi connectivity index (χ0) is 10.3. The lowest BCUT2D eigenvalue weighted by atomic mass is 10.1. The van der Waals surface area contributed by atoms with Crippen LogP contribution in [0.2, 0.25) is 0 Å². The Morgan fingerprint density at radius 3 is 2.62 bits per heavy atom. The quantitative estimate of drug-likeness (QED) is 0.523. The Labute approximate surface area is 79.9 Å². The monoisotopic (exact) mass is 185 g/mol. The summed E-state index contributed by atoms with van der Waals surface area (Å²) in [5.41, 5.74) is 6.83. The van der Waals surface area contributed by atoms with Crippen LogP contribution < -0.4 is 5.73 Å². The van der Waals surface area contributed by atoms with Gasteiger partial charge in [0.2, 0.25) is 0 Å². The van der Waals surface area contributed by atoms with Crippen molar-refractivity contribution in [1.29, 1.82) is 0 Å². The predicted octanol–water partition coefficient (Wildman–Crippen LogP) is 1.62. The molecule has 13 heavy (non-hydrogen) atoms. The minimum absolute atomic E-state index is 0.301. The number of esters is 1. The van der Waals surface area contributed by atoms with Gasteiger partial charge < -0.3 is 10.5 Å². The summed E-state index contributed by atoms with van der Waals surface area (Å²) >= 11 is 0. The zero-order valence-electron chi connectivity index (χ0n) is 8.67. The van der Waals surface area contributed by atoms with E-state index in [1.165, 1.54) is 5.57 Å². The van der Waals surface area contributed by atoms with Crippen molar-refractivity contribution in [3.8, 4) is 0 Å². The molecule has 0 radical (unpaired) electrons. The summed E-state index contributed by atoms with van der Waals surface area (Å²) in [6, 6.07) is -0.476. The molecule has 0 heterocycles. The Balaban J connectivity index is 3.67. The highest BCUT2D eigenvalue weighted by Crippen LogP contribution is 2.01. The number of carbonyl (C=O) groups excluding carboxylic acids is 1. The van der Waals surface area contributed by atoms with E-state index < -0.39 is 6.04 Å². The Bertz CT molecular complexity index is 183. The first-order valence-electron chi connectivity index (χ1n) is 4.63. The fourth-order valence-corrected chi connectivity index (χ4v) is 0.919. The highest BCUT2D eigenvalue weighted by molar-refractivity contribution is 5.75. The highest BCUT2D eigenvalue weighted by Gasteiger charge is 2.12. The molecule has 0 aromatic carbocycles. The number of allylic oxidation sites excluding steroid dienone is 2. The molecular formula is C10H19NO2. The average Bonchev–Trinajstić information content (AvgIpc) is 2.04. The van der Waals surface area contributed by atoms with Crippen LogP contribution in [0.15, 0.2) is 11.6 Å². The number of hydrogen-bond acceptors (Lipinski definition) is 3. The fourth-order valence-electron chi connectivity index (χ4n) is 0.919. The second-order valence-electron chi connectivity index (χ2n) is 3.22. The van der Waals surface area contributed by atoms with E-state index in [1.54, 1.807) is 6.92 Å². The molecule has 0 bridgehead atoms. The Kier molecular flexibility index (Phi) is 6.24. The molecule has 0 aromatic rings. The summed E-state index contributed by atoms with van der Waals surface area (Å²) in [5, 5.41) is 0. The molecule has 0 aliphatic rings. The molecule has 0 aromatic heterocycles. The second kappa shape index (κ2) is 6.66. The lowest BCUT2D eigenvalue weighted by molar-refractivity contribution is -0.144. The largest absolute Gasteiger partial charge is 0.465 e.